The van der Waals surface area contributed by atoms with Crippen molar-refractivity contribution in [2.24, 2.45) is 5.92 Å². The van der Waals surface area contributed by atoms with Gasteiger partial charge in [-0.2, -0.15) is 0 Å². The number of unbranched alkanes of at least 4 members (excludes halogenated alkanes) is 1. The van der Waals surface area contributed by atoms with Gasteiger partial charge in [0.25, 0.3) is 0 Å². The van der Waals surface area contributed by atoms with Crippen LogP contribution in [0, 0.1) is 5.92 Å². The van der Waals surface area contributed by atoms with Gasteiger partial charge in [0.2, 0.25) is 11.8 Å². The number of carbonyl (C=O) groups is 2. The summed E-state index contributed by atoms with van der Waals surface area (Å²) in [6.45, 7) is 5.76. The Labute approximate surface area is 164 Å². The second kappa shape index (κ2) is 10.4. The molecular weight excluding hydrogens is 362 g/mol. The fourth-order valence-electron chi connectivity index (χ4n) is 2.60. The number of carboxylic acid groups (broad SMARTS) is 1. The first kappa shape index (κ1) is 21.4. The van der Waals surface area contributed by atoms with E-state index in [9.17, 15) is 14.7 Å². The molecule has 0 aliphatic heterocycles. The van der Waals surface area contributed by atoms with Crippen molar-refractivity contribution in [2.75, 3.05) is 0 Å². The molecule has 1 aromatic carbocycles. The average Bonchev–Trinajstić information content (AvgIpc) is 3.13. The number of hydrogen-bond donors (Lipinski definition) is 2. The van der Waals surface area contributed by atoms with Crippen LogP contribution in [0.25, 0.3) is 11.5 Å². The molecule has 0 spiro atoms. The van der Waals surface area contributed by atoms with Crippen LogP contribution in [0.3, 0.4) is 0 Å². The van der Waals surface area contributed by atoms with Crippen LogP contribution in [0.4, 0.5) is 4.79 Å². The van der Waals surface area contributed by atoms with Crippen LogP contribution < -0.4 is 5.32 Å². The zero-order chi connectivity index (χ0) is 20.5. The normalized spacial score (nSPS) is 13.1. The molecule has 2 aromatic rings. The maximum absolute atomic E-state index is 12.2. The second-order valence-corrected chi connectivity index (χ2v) is 6.94. The number of hydrogen-bond acceptors (Lipinski definition) is 6. The van der Waals surface area contributed by atoms with E-state index in [1.165, 1.54) is 0 Å². The molecule has 0 saturated heterocycles. The molecule has 28 heavy (non-hydrogen) atoms. The summed E-state index contributed by atoms with van der Waals surface area (Å²) in [5.74, 6) is -0.341. The Balaban J connectivity index is 1.98. The molecule has 2 rings (SSSR count). The Morgan fingerprint density at radius 2 is 1.93 bits per heavy atom. The molecule has 1 aromatic heterocycles. The van der Waals surface area contributed by atoms with Crippen molar-refractivity contribution in [3.63, 3.8) is 0 Å². The fourth-order valence-corrected chi connectivity index (χ4v) is 2.60. The number of carbonyl (C=O) groups excluding carboxylic acids is 1. The molecule has 1 heterocycles. The summed E-state index contributed by atoms with van der Waals surface area (Å²) in [6, 6.07) is 8.41. The summed E-state index contributed by atoms with van der Waals surface area (Å²) in [5.41, 5.74) is 0.807. The molecule has 2 N–H and O–H groups in total. The largest absolute Gasteiger partial charge is 0.480 e. The Morgan fingerprint density at radius 1 is 1.21 bits per heavy atom. The number of nitrogens with one attached hydrogen (secondary N) is 1. The Kier molecular flexibility index (Phi) is 7.98. The van der Waals surface area contributed by atoms with Gasteiger partial charge in [0.15, 0.2) is 0 Å². The van der Waals surface area contributed by atoms with E-state index < -0.39 is 24.2 Å². The number of benzene rings is 1. The van der Waals surface area contributed by atoms with E-state index in [0.29, 0.717) is 24.6 Å². The SMILES string of the molecule is CCCC[C@H](NC(=O)O[C@@H](Cc1nnc(-c2ccccc2)o1)C(C)C)C(=O)O. The molecule has 2 atom stereocenters. The fraction of sp³-hybridized carbons (Fsp3) is 0.500. The first-order valence-electron chi connectivity index (χ1n) is 9.48. The monoisotopic (exact) mass is 389 g/mol. The highest BCUT2D eigenvalue weighted by molar-refractivity contribution is 5.79. The van der Waals surface area contributed by atoms with Crippen LogP contribution >= 0.6 is 0 Å². The molecule has 0 saturated carbocycles. The standard InChI is InChI=1S/C20H27N3O5/c1-4-5-11-15(19(24)25)21-20(26)27-16(13(2)3)12-17-22-23-18(28-17)14-9-7-6-8-10-14/h6-10,13,15-16H,4-5,11-12H2,1-3H3,(H,21,26)(H,24,25)/t15-,16-/m0/s1. The lowest BCUT2D eigenvalue weighted by Crippen LogP contribution is -2.43. The lowest BCUT2D eigenvalue weighted by atomic mass is 10.0. The lowest BCUT2D eigenvalue weighted by molar-refractivity contribution is -0.139. The van der Waals surface area contributed by atoms with Gasteiger partial charge < -0.3 is 19.6 Å². The molecule has 0 unspecified atom stereocenters. The topological polar surface area (TPSA) is 115 Å². The number of amides is 1. The van der Waals surface area contributed by atoms with E-state index in [2.05, 4.69) is 15.5 Å². The average molecular weight is 389 g/mol. The first-order chi connectivity index (χ1) is 13.4. The number of rotatable bonds is 10. The predicted octanol–water partition coefficient (Wildman–Crippen LogP) is 3.67. The van der Waals surface area contributed by atoms with Gasteiger partial charge in [-0.05, 0) is 24.5 Å². The summed E-state index contributed by atoms with van der Waals surface area (Å²) in [7, 11) is 0. The van der Waals surface area contributed by atoms with Crippen molar-refractivity contribution < 1.29 is 23.8 Å². The summed E-state index contributed by atoms with van der Waals surface area (Å²) in [5, 5.41) is 19.7. The molecule has 0 radical (unpaired) electrons. The third-order valence-corrected chi connectivity index (χ3v) is 4.30. The third kappa shape index (κ3) is 6.37. The Bertz CT molecular complexity index is 760. The maximum atomic E-state index is 12.2. The van der Waals surface area contributed by atoms with Crippen LogP contribution in [-0.2, 0) is 16.0 Å². The van der Waals surface area contributed by atoms with Crippen LogP contribution in [0.15, 0.2) is 34.7 Å². The van der Waals surface area contributed by atoms with E-state index in [1.54, 1.807) is 0 Å². The summed E-state index contributed by atoms with van der Waals surface area (Å²) in [4.78, 5) is 23.5. The van der Waals surface area contributed by atoms with Crippen molar-refractivity contribution in [1.29, 1.82) is 0 Å². The van der Waals surface area contributed by atoms with E-state index in [0.717, 1.165) is 12.0 Å². The number of aromatic nitrogens is 2. The van der Waals surface area contributed by atoms with Crippen molar-refractivity contribution in [3.05, 3.63) is 36.2 Å². The zero-order valence-corrected chi connectivity index (χ0v) is 16.4. The van der Waals surface area contributed by atoms with E-state index >= 15 is 0 Å². The Morgan fingerprint density at radius 3 is 2.54 bits per heavy atom. The minimum atomic E-state index is -1.07. The highest BCUT2D eigenvalue weighted by Crippen LogP contribution is 2.20. The number of carboxylic acids is 1. The van der Waals surface area contributed by atoms with Gasteiger partial charge in [0, 0.05) is 5.56 Å². The molecule has 1 amide bonds. The van der Waals surface area contributed by atoms with Crippen LogP contribution in [-0.4, -0.2) is 39.5 Å². The quantitative estimate of drug-likeness (QED) is 0.637. The van der Waals surface area contributed by atoms with Crippen LogP contribution in [0.1, 0.15) is 45.9 Å². The van der Waals surface area contributed by atoms with E-state index in [4.69, 9.17) is 9.15 Å². The molecule has 8 heteroatoms. The van der Waals surface area contributed by atoms with Crippen molar-refractivity contribution in [3.8, 4) is 11.5 Å². The maximum Gasteiger partial charge on any atom is 0.408 e. The van der Waals surface area contributed by atoms with Gasteiger partial charge in [-0.1, -0.05) is 51.8 Å². The smallest absolute Gasteiger partial charge is 0.408 e. The number of aliphatic carboxylic acids is 1. The molecule has 0 bridgehead atoms. The number of nitrogens with zero attached hydrogens (tertiary/aromatic N) is 2. The highest BCUT2D eigenvalue weighted by Gasteiger charge is 2.25. The van der Waals surface area contributed by atoms with Crippen LogP contribution in [0.5, 0.6) is 0 Å². The van der Waals surface area contributed by atoms with Crippen molar-refractivity contribution in [1.82, 2.24) is 15.5 Å². The number of alkyl carbamates (subject to hydrolysis) is 1. The third-order valence-electron chi connectivity index (χ3n) is 4.30. The predicted molar refractivity (Wildman–Crippen MR) is 103 cm³/mol. The highest BCUT2D eigenvalue weighted by atomic mass is 16.6. The zero-order valence-electron chi connectivity index (χ0n) is 16.4. The van der Waals surface area contributed by atoms with E-state index in [1.807, 2.05) is 51.1 Å². The molecule has 8 nitrogen and oxygen atoms in total. The molecule has 0 fully saturated rings. The minimum absolute atomic E-state index is 0.0169. The van der Waals surface area contributed by atoms with Crippen LogP contribution in [0.2, 0.25) is 0 Å². The number of ether oxygens (including phenoxy) is 1. The van der Waals surface area contributed by atoms with Crippen molar-refractivity contribution in [2.45, 2.75) is 58.6 Å². The molecular formula is C20H27N3O5. The lowest BCUT2D eigenvalue weighted by Gasteiger charge is -2.22. The van der Waals surface area contributed by atoms with Gasteiger partial charge in [0.05, 0.1) is 6.42 Å². The first-order valence-corrected chi connectivity index (χ1v) is 9.48. The van der Waals surface area contributed by atoms with Gasteiger partial charge in [-0.3, -0.25) is 0 Å². The minimum Gasteiger partial charge on any atom is -0.480 e. The summed E-state index contributed by atoms with van der Waals surface area (Å²) >= 11 is 0. The molecule has 0 aliphatic rings. The van der Waals surface area contributed by atoms with Crippen molar-refractivity contribution >= 4 is 12.1 Å². The molecule has 152 valence electrons. The van der Waals surface area contributed by atoms with Gasteiger partial charge >= 0.3 is 12.1 Å². The molecule has 0 aliphatic carbocycles. The second-order valence-electron chi connectivity index (χ2n) is 6.94. The summed E-state index contributed by atoms with van der Waals surface area (Å²) in [6.07, 6.45) is 0.870. The van der Waals surface area contributed by atoms with Gasteiger partial charge in [0.1, 0.15) is 12.1 Å². The Hall–Kier alpha value is -2.90. The van der Waals surface area contributed by atoms with E-state index in [-0.39, 0.29) is 12.3 Å². The van der Waals surface area contributed by atoms with Gasteiger partial charge in [-0.25, -0.2) is 9.59 Å². The summed E-state index contributed by atoms with van der Waals surface area (Å²) < 4.78 is 11.1. The van der Waals surface area contributed by atoms with Gasteiger partial charge in [-0.15, -0.1) is 10.2 Å².